The number of carboxylic acids is 1. The van der Waals surface area contributed by atoms with Crippen LogP contribution in [0.4, 0.5) is 0 Å². The molecule has 1 saturated carbocycles. The van der Waals surface area contributed by atoms with E-state index in [0.717, 1.165) is 19.1 Å². The topological polar surface area (TPSA) is 91.8 Å². The lowest BCUT2D eigenvalue weighted by molar-refractivity contribution is -0.147. The minimum atomic E-state index is -3.50. The SMILES string of the molecule is CC1(C(=O)O)CCN(C(=O)C2(S(C)(=O)=O)CCCC2)C1. The van der Waals surface area contributed by atoms with E-state index >= 15 is 0 Å². The van der Waals surface area contributed by atoms with Crippen LogP contribution in [0.1, 0.15) is 39.0 Å². The van der Waals surface area contributed by atoms with Gasteiger partial charge in [-0.05, 0) is 26.2 Å². The monoisotopic (exact) mass is 303 g/mol. The zero-order valence-corrected chi connectivity index (χ0v) is 12.7. The van der Waals surface area contributed by atoms with Gasteiger partial charge in [0, 0.05) is 19.3 Å². The van der Waals surface area contributed by atoms with Gasteiger partial charge in [-0.3, -0.25) is 9.59 Å². The summed E-state index contributed by atoms with van der Waals surface area (Å²) in [5, 5.41) is 9.21. The van der Waals surface area contributed by atoms with Crippen molar-refractivity contribution in [3.63, 3.8) is 0 Å². The Morgan fingerprint density at radius 2 is 1.70 bits per heavy atom. The van der Waals surface area contributed by atoms with E-state index < -0.39 is 31.9 Å². The molecule has 2 aliphatic rings. The van der Waals surface area contributed by atoms with E-state index in [-0.39, 0.29) is 6.54 Å². The van der Waals surface area contributed by atoms with Crippen LogP contribution in [0.3, 0.4) is 0 Å². The second kappa shape index (κ2) is 4.72. The summed E-state index contributed by atoms with van der Waals surface area (Å²) in [6.45, 7) is 2.02. The first-order valence-electron chi connectivity index (χ1n) is 6.85. The number of hydrogen-bond donors (Lipinski definition) is 1. The third-order valence-electron chi connectivity index (χ3n) is 4.79. The fourth-order valence-corrected chi connectivity index (χ4v) is 4.76. The third-order valence-corrected chi connectivity index (χ3v) is 6.79. The lowest BCUT2D eigenvalue weighted by Crippen LogP contribution is -2.52. The molecule has 2 fully saturated rings. The highest BCUT2D eigenvalue weighted by molar-refractivity contribution is 7.92. The van der Waals surface area contributed by atoms with Gasteiger partial charge in [0.15, 0.2) is 14.6 Å². The maximum atomic E-state index is 12.7. The van der Waals surface area contributed by atoms with Gasteiger partial charge in [0.05, 0.1) is 5.41 Å². The molecule has 0 radical (unpaired) electrons. The van der Waals surface area contributed by atoms with E-state index in [9.17, 15) is 23.1 Å². The van der Waals surface area contributed by atoms with Gasteiger partial charge < -0.3 is 10.0 Å². The van der Waals surface area contributed by atoms with Gasteiger partial charge in [-0.15, -0.1) is 0 Å². The highest BCUT2D eigenvalue weighted by atomic mass is 32.2. The average molecular weight is 303 g/mol. The smallest absolute Gasteiger partial charge is 0.311 e. The van der Waals surface area contributed by atoms with Crippen LogP contribution in [0.25, 0.3) is 0 Å². The lowest BCUT2D eigenvalue weighted by atomic mass is 9.90. The van der Waals surface area contributed by atoms with Crippen molar-refractivity contribution in [2.45, 2.75) is 43.8 Å². The number of amides is 1. The van der Waals surface area contributed by atoms with Crippen LogP contribution >= 0.6 is 0 Å². The molecule has 114 valence electrons. The van der Waals surface area contributed by atoms with Gasteiger partial charge in [0.1, 0.15) is 0 Å². The Kier molecular flexibility index (Phi) is 3.60. The van der Waals surface area contributed by atoms with Crippen molar-refractivity contribution in [1.82, 2.24) is 4.90 Å². The number of nitrogens with zero attached hydrogens (tertiary/aromatic N) is 1. The van der Waals surface area contributed by atoms with Crippen LogP contribution in [0.5, 0.6) is 0 Å². The summed E-state index contributed by atoms with van der Waals surface area (Å²) >= 11 is 0. The highest BCUT2D eigenvalue weighted by Crippen LogP contribution is 2.40. The standard InChI is InChI=1S/C13H21NO5S/c1-12(11(16)17)7-8-14(9-12)10(15)13(20(2,18)19)5-3-4-6-13/h3-9H2,1-2H3,(H,16,17). The van der Waals surface area contributed by atoms with Crippen molar-refractivity contribution in [3.8, 4) is 0 Å². The summed E-state index contributed by atoms with van der Waals surface area (Å²) < 4.78 is 22.8. The Hall–Kier alpha value is -1.11. The minimum Gasteiger partial charge on any atom is -0.481 e. The molecule has 1 aliphatic heterocycles. The molecule has 7 heteroatoms. The Morgan fingerprint density at radius 1 is 1.15 bits per heavy atom. The van der Waals surface area contributed by atoms with Crippen molar-refractivity contribution >= 4 is 21.7 Å². The fraction of sp³-hybridized carbons (Fsp3) is 0.846. The molecule has 0 bridgehead atoms. The molecule has 20 heavy (non-hydrogen) atoms. The molecule has 1 N–H and O–H groups in total. The van der Waals surface area contributed by atoms with Gasteiger partial charge in [-0.2, -0.15) is 0 Å². The Bertz CT molecular complexity index is 535. The first-order valence-corrected chi connectivity index (χ1v) is 8.74. The predicted molar refractivity (Wildman–Crippen MR) is 73.0 cm³/mol. The van der Waals surface area contributed by atoms with Crippen molar-refractivity contribution in [2.75, 3.05) is 19.3 Å². The quantitative estimate of drug-likeness (QED) is 0.827. The molecule has 6 nitrogen and oxygen atoms in total. The normalized spacial score (nSPS) is 29.6. The molecule has 1 heterocycles. The van der Waals surface area contributed by atoms with Crippen molar-refractivity contribution < 1.29 is 23.1 Å². The molecule has 1 unspecified atom stereocenters. The average Bonchev–Trinajstić information content (AvgIpc) is 2.95. The molecule has 0 spiro atoms. The second-order valence-electron chi connectivity index (χ2n) is 6.32. The number of carbonyl (C=O) groups is 2. The van der Waals surface area contributed by atoms with Gasteiger partial charge in [0.2, 0.25) is 5.91 Å². The van der Waals surface area contributed by atoms with E-state index in [2.05, 4.69) is 0 Å². The predicted octanol–water partition coefficient (Wildman–Crippen LogP) is 0.667. The molecule has 1 atom stereocenters. The summed E-state index contributed by atoms with van der Waals surface area (Å²) in [7, 11) is -3.50. The summed E-state index contributed by atoms with van der Waals surface area (Å²) in [4.78, 5) is 25.3. The van der Waals surface area contributed by atoms with Crippen LogP contribution in [-0.2, 0) is 19.4 Å². The highest BCUT2D eigenvalue weighted by Gasteiger charge is 2.54. The summed E-state index contributed by atoms with van der Waals surface area (Å²) in [6.07, 6.45) is 3.64. The van der Waals surface area contributed by atoms with Crippen LogP contribution in [0.15, 0.2) is 0 Å². The van der Waals surface area contributed by atoms with Gasteiger partial charge in [0.25, 0.3) is 0 Å². The zero-order valence-electron chi connectivity index (χ0n) is 11.9. The summed E-state index contributed by atoms with van der Waals surface area (Å²) in [5.74, 6) is -1.34. The second-order valence-corrected chi connectivity index (χ2v) is 8.64. The molecule has 0 aromatic heterocycles. The largest absolute Gasteiger partial charge is 0.481 e. The molecule has 2 rings (SSSR count). The number of hydrogen-bond acceptors (Lipinski definition) is 4. The number of aliphatic carboxylic acids is 1. The third kappa shape index (κ3) is 2.21. The summed E-state index contributed by atoms with van der Waals surface area (Å²) in [6, 6.07) is 0. The van der Waals surface area contributed by atoms with E-state index in [1.165, 1.54) is 4.90 Å². The van der Waals surface area contributed by atoms with E-state index in [0.29, 0.717) is 25.8 Å². The maximum Gasteiger partial charge on any atom is 0.311 e. The van der Waals surface area contributed by atoms with E-state index in [4.69, 9.17) is 0 Å². The number of carboxylic acid groups (broad SMARTS) is 1. The number of carbonyl (C=O) groups excluding carboxylic acids is 1. The molecule has 1 amide bonds. The molecule has 0 aromatic carbocycles. The van der Waals surface area contributed by atoms with Crippen LogP contribution in [-0.4, -0.2) is 54.4 Å². The van der Waals surface area contributed by atoms with E-state index in [1.807, 2.05) is 0 Å². The lowest BCUT2D eigenvalue weighted by Gasteiger charge is -2.31. The van der Waals surface area contributed by atoms with Gasteiger partial charge >= 0.3 is 5.97 Å². The first kappa shape index (κ1) is 15.3. The van der Waals surface area contributed by atoms with Gasteiger partial charge in [-0.1, -0.05) is 12.8 Å². The number of likely N-dealkylation sites (tertiary alicyclic amines) is 1. The molecule has 1 aliphatic carbocycles. The molecular formula is C13H21NO5S. The van der Waals surface area contributed by atoms with Crippen molar-refractivity contribution in [2.24, 2.45) is 5.41 Å². The fourth-order valence-electron chi connectivity index (χ4n) is 3.29. The maximum absolute atomic E-state index is 12.7. The van der Waals surface area contributed by atoms with Crippen molar-refractivity contribution in [1.29, 1.82) is 0 Å². The Morgan fingerprint density at radius 3 is 2.10 bits per heavy atom. The minimum absolute atomic E-state index is 0.0957. The summed E-state index contributed by atoms with van der Waals surface area (Å²) in [5.41, 5.74) is -0.965. The Balaban J connectivity index is 2.26. The Labute approximate surface area is 119 Å². The molecule has 1 saturated heterocycles. The van der Waals surface area contributed by atoms with E-state index in [1.54, 1.807) is 6.92 Å². The zero-order chi connectivity index (χ0) is 15.2. The van der Waals surface area contributed by atoms with Crippen molar-refractivity contribution in [3.05, 3.63) is 0 Å². The number of rotatable bonds is 3. The molecule has 0 aromatic rings. The van der Waals surface area contributed by atoms with Crippen LogP contribution < -0.4 is 0 Å². The van der Waals surface area contributed by atoms with Crippen LogP contribution in [0.2, 0.25) is 0 Å². The number of sulfone groups is 1. The molecular weight excluding hydrogens is 282 g/mol. The van der Waals surface area contributed by atoms with Crippen LogP contribution in [0, 0.1) is 5.41 Å². The first-order chi connectivity index (χ1) is 9.12. The van der Waals surface area contributed by atoms with Gasteiger partial charge in [-0.25, -0.2) is 8.42 Å².